The Labute approximate surface area is 125 Å². The maximum Gasteiger partial charge on any atom is 0.0486 e. The van der Waals surface area contributed by atoms with Crippen LogP contribution < -0.4 is 5.32 Å². The van der Waals surface area contributed by atoms with Gasteiger partial charge < -0.3 is 10.2 Å². The Hall–Kier alpha value is -0.540. The third-order valence-electron chi connectivity index (χ3n) is 4.29. The molecule has 1 heterocycles. The number of likely N-dealkylation sites (tertiary alicyclic amines) is 1. The summed E-state index contributed by atoms with van der Waals surface area (Å²) in [7, 11) is 0. The molecule has 0 aromatic heterocycles. The van der Waals surface area contributed by atoms with Crippen molar-refractivity contribution in [3.05, 3.63) is 28.2 Å². The third-order valence-corrected chi connectivity index (χ3v) is 4.95. The number of halogens is 1. The van der Waals surface area contributed by atoms with Crippen LogP contribution in [0.3, 0.4) is 0 Å². The molecule has 0 radical (unpaired) electrons. The maximum absolute atomic E-state index is 3.67. The number of hydrogen-bond acceptors (Lipinski definition) is 2. The van der Waals surface area contributed by atoms with Crippen LogP contribution >= 0.6 is 15.9 Å². The molecule has 1 aromatic carbocycles. The first-order valence-corrected chi connectivity index (χ1v) is 8.14. The SMILES string of the molecule is CCN1CCC(C(C)Nc2ccc(C)cc2Br)CC1. The Morgan fingerprint density at radius 2 is 2.05 bits per heavy atom. The fraction of sp³-hybridized carbons (Fsp3) is 0.625. The molecule has 1 aromatic rings. The zero-order valence-electron chi connectivity index (χ0n) is 12.2. The molecule has 1 saturated heterocycles. The van der Waals surface area contributed by atoms with Gasteiger partial charge in [-0.15, -0.1) is 0 Å². The lowest BCUT2D eigenvalue weighted by molar-refractivity contribution is 0.183. The van der Waals surface area contributed by atoms with Gasteiger partial charge in [0.05, 0.1) is 0 Å². The molecule has 0 bridgehead atoms. The molecule has 0 aliphatic carbocycles. The molecule has 19 heavy (non-hydrogen) atoms. The molecular formula is C16H25BrN2. The molecule has 3 heteroatoms. The van der Waals surface area contributed by atoms with Crippen molar-refractivity contribution in [1.29, 1.82) is 0 Å². The summed E-state index contributed by atoms with van der Waals surface area (Å²) in [5.41, 5.74) is 2.51. The van der Waals surface area contributed by atoms with E-state index in [1.807, 2.05) is 0 Å². The highest BCUT2D eigenvalue weighted by Gasteiger charge is 2.23. The second kappa shape index (κ2) is 6.76. The van der Waals surface area contributed by atoms with Crippen LogP contribution in [0.15, 0.2) is 22.7 Å². The zero-order valence-corrected chi connectivity index (χ0v) is 13.8. The average Bonchev–Trinajstić information content (AvgIpc) is 2.42. The minimum atomic E-state index is 0.540. The van der Waals surface area contributed by atoms with Gasteiger partial charge in [0.25, 0.3) is 0 Å². The summed E-state index contributed by atoms with van der Waals surface area (Å²) in [6.07, 6.45) is 2.62. The number of nitrogens with zero attached hydrogens (tertiary/aromatic N) is 1. The van der Waals surface area contributed by atoms with Crippen molar-refractivity contribution in [1.82, 2.24) is 4.90 Å². The van der Waals surface area contributed by atoms with Crippen LogP contribution in [-0.2, 0) is 0 Å². The predicted molar refractivity (Wildman–Crippen MR) is 86.8 cm³/mol. The van der Waals surface area contributed by atoms with Gasteiger partial charge in [-0.1, -0.05) is 13.0 Å². The summed E-state index contributed by atoms with van der Waals surface area (Å²) in [6, 6.07) is 7.06. The van der Waals surface area contributed by atoms with E-state index < -0.39 is 0 Å². The van der Waals surface area contributed by atoms with E-state index in [0.717, 1.165) is 5.92 Å². The second-order valence-corrected chi connectivity index (χ2v) is 6.54. The first kappa shape index (κ1) is 14.9. The molecule has 1 aliphatic heterocycles. The number of nitrogens with one attached hydrogen (secondary N) is 1. The van der Waals surface area contributed by atoms with E-state index in [-0.39, 0.29) is 0 Å². The van der Waals surface area contributed by atoms with Gasteiger partial charge in [0.1, 0.15) is 0 Å². The van der Waals surface area contributed by atoms with Crippen LogP contribution in [0.25, 0.3) is 0 Å². The maximum atomic E-state index is 3.67. The second-order valence-electron chi connectivity index (χ2n) is 5.69. The molecule has 0 spiro atoms. The van der Waals surface area contributed by atoms with Gasteiger partial charge in [-0.25, -0.2) is 0 Å². The lowest BCUT2D eigenvalue weighted by atomic mass is 9.90. The van der Waals surface area contributed by atoms with Crippen LogP contribution in [-0.4, -0.2) is 30.6 Å². The van der Waals surface area contributed by atoms with Gasteiger partial charge in [-0.2, -0.15) is 0 Å². The first-order valence-electron chi connectivity index (χ1n) is 7.35. The van der Waals surface area contributed by atoms with Crippen molar-refractivity contribution >= 4 is 21.6 Å². The van der Waals surface area contributed by atoms with Gasteiger partial charge in [0.15, 0.2) is 0 Å². The number of rotatable bonds is 4. The Balaban J connectivity index is 1.92. The van der Waals surface area contributed by atoms with Crippen molar-refractivity contribution < 1.29 is 0 Å². The zero-order chi connectivity index (χ0) is 13.8. The third kappa shape index (κ3) is 3.96. The molecule has 2 nitrogen and oxygen atoms in total. The van der Waals surface area contributed by atoms with Gasteiger partial charge in [-0.3, -0.25) is 0 Å². The minimum absolute atomic E-state index is 0.540. The fourth-order valence-corrected chi connectivity index (χ4v) is 3.48. The molecule has 106 valence electrons. The number of aryl methyl sites for hydroxylation is 1. The summed E-state index contributed by atoms with van der Waals surface area (Å²) in [5.74, 6) is 0.788. The Morgan fingerprint density at radius 1 is 1.37 bits per heavy atom. The Kier molecular flexibility index (Phi) is 5.28. The molecule has 0 saturated carbocycles. The van der Waals surface area contributed by atoms with Gasteiger partial charge in [-0.05, 0) is 85.9 Å². The lowest BCUT2D eigenvalue weighted by Gasteiger charge is -2.35. The molecule has 1 aliphatic rings. The van der Waals surface area contributed by atoms with E-state index >= 15 is 0 Å². The first-order chi connectivity index (χ1) is 9.10. The highest BCUT2D eigenvalue weighted by molar-refractivity contribution is 9.10. The van der Waals surface area contributed by atoms with Crippen LogP contribution in [0.4, 0.5) is 5.69 Å². The van der Waals surface area contributed by atoms with E-state index in [0.29, 0.717) is 6.04 Å². The number of hydrogen-bond donors (Lipinski definition) is 1. The normalized spacial score (nSPS) is 19.4. The standard InChI is InChI=1S/C16H25BrN2/c1-4-19-9-7-14(8-10-19)13(3)18-16-6-5-12(2)11-15(16)17/h5-6,11,13-14,18H,4,7-10H2,1-3H3. The summed E-state index contributed by atoms with van der Waals surface area (Å²) in [4.78, 5) is 2.55. The van der Waals surface area contributed by atoms with Crippen molar-refractivity contribution in [2.45, 2.75) is 39.7 Å². The van der Waals surface area contributed by atoms with Crippen LogP contribution in [0, 0.1) is 12.8 Å². The van der Waals surface area contributed by atoms with E-state index in [2.05, 4.69) is 65.1 Å². The minimum Gasteiger partial charge on any atom is -0.381 e. The monoisotopic (exact) mass is 324 g/mol. The molecule has 2 rings (SSSR count). The average molecular weight is 325 g/mol. The van der Waals surface area contributed by atoms with Crippen LogP contribution in [0.2, 0.25) is 0 Å². The predicted octanol–water partition coefficient (Wildman–Crippen LogP) is 4.29. The van der Waals surface area contributed by atoms with E-state index in [9.17, 15) is 0 Å². The number of anilines is 1. The van der Waals surface area contributed by atoms with Crippen molar-refractivity contribution in [3.8, 4) is 0 Å². The largest absolute Gasteiger partial charge is 0.381 e. The van der Waals surface area contributed by atoms with Crippen LogP contribution in [0.1, 0.15) is 32.3 Å². The molecular weight excluding hydrogens is 300 g/mol. The van der Waals surface area contributed by atoms with Gasteiger partial charge in [0, 0.05) is 16.2 Å². The Morgan fingerprint density at radius 3 is 2.63 bits per heavy atom. The number of piperidine rings is 1. The highest BCUT2D eigenvalue weighted by atomic mass is 79.9. The summed E-state index contributed by atoms with van der Waals surface area (Å²) < 4.78 is 1.17. The van der Waals surface area contributed by atoms with E-state index in [4.69, 9.17) is 0 Å². The van der Waals surface area contributed by atoms with Gasteiger partial charge >= 0.3 is 0 Å². The fourth-order valence-electron chi connectivity index (χ4n) is 2.87. The quantitative estimate of drug-likeness (QED) is 0.888. The smallest absolute Gasteiger partial charge is 0.0486 e. The number of benzene rings is 1. The molecule has 1 fully saturated rings. The topological polar surface area (TPSA) is 15.3 Å². The Bertz CT molecular complexity index is 411. The van der Waals surface area contributed by atoms with Crippen molar-refractivity contribution in [2.24, 2.45) is 5.92 Å². The van der Waals surface area contributed by atoms with Crippen LogP contribution in [0.5, 0.6) is 0 Å². The summed E-state index contributed by atoms with van der Waals surface area (Å²) >= 11 is 3.65. The van der Waals surface area contributed by atoms with Crippen molar-refractivity contribution in [3.63, 3.8) is 0 Å². The van der Waals surface area contributed by atoms with Gasteiger partial charge in [0.2, 0.25) is 0 Å². The van der Waals surface area contributed by atoms with E-state index in [1.54, 1.807) is 0 Å². The summed E-state index contributed by atoms with van der Waals surface area (Å²) in [5, 5.41) is 3.67. The molecule has 1 atom stereocenters. The van der Waals surface area contributed by atoms with Crippen molar-refractivity contribution in [2.75, 3.05) is 25.0 Å². The molecule has 1 unspecified atom stereocenters. The lowest BCUT2D eigenvalue weighted by Crippen LogP contribution is -2.39. The van der Waals surface area contributed by atoms with E-state index in [1.165, 1.54) is 48.2 Å². The molecule has 1 N–H and O–H groups in total. The molecule has 0 amide bonds. The summed E-state index contributed by atoms with van der Waals surface area (Å²) in [6.45, 7) is 10.4. The highest BCUT2D eigenvalue weighted by Crippen LogP contribution is 2.28.